The third kappa shape index (κ3) is 2.73. The first-order valence-electron chi connectivity index (χ1n) is 8.54. The molecule has 2 saturated heterocycles. The number of likely N-dealkylation sites (tertiary alicyclic amines) is 1. The molecule has 0 bridgehead atoms. The molecule has 0 N–H and O–H groups in total. The van der Waals surface area contributed by atoms with E-state index in [1.54, 1.807) is 36.7 Å². The van der Waals surface area contributed by atoms with Crippen LogP contribution < -0.4 is 5.56 Å². The van der Waals surface area contributed by atoms with Gasteiger partial charge in [0.25, 0.3) is 11.5 Å². The van der Waals surface area contributed by atoms with Gasteiger partial charge in [0, 0.05) is 38.5 Å². The van der Waals surface area contributed by atoms with Gasteiger partial charge in [0.15, 0.2) is 5.79 Å². The third-order valence-electron chi connectivity index (χ3n) is 5.11. The molecule has 25 heavy (non-hydrogen) atoms. The quantitative estimate of drug-likeness (QED) is 0.778. The number of fused-ring (bicyclic) bond motifs is 1. The fourth-order valence-corrected chi connectivity index (χ4v) is 3.63. The molecule has 1 aromatic heterocycles. The van der Waals surface area contributed by atoms with Crippen LogP contribution in [0.3, 0.4) is 0 Å². The van der Waals surface area contributed by atoms with Gasteiger partial charge in [-0.3, -0.25) is 9.59 Å². The number of aryl methyl sites for hydroxylation is 2. The zero-order valence-electron chi connectivity index (χ0n) is 14.4. The van der Waals surface area contributed by atoms with Gasteiger partial charge in [-0.05, 0) is 25.1 Å². The Labute approximate surface area is 145 Å². The number of aromatic nitrogens is 2. The second kappa shape index (κ2) is 5.93. The maximum absolute atomic E-state index is 12.8. The van der Waals surface area contributed by atoms with Crippen molar-refractivity contribution in [2.75, 3.05) is 26.3 Å². The zero-order chi connectivity index (χ0) is 17.6. The average molecular weight is 343 g/mol. The second-order valence-corrected chi connectivity index (χ2v) is 6.66. The second-order valence-electron chi connectivity index (χ2n) is 6.66. The number of carbonyl (C=O) groups is 1. The van der Waals surface area contributed by atoms with Gasteiger partial charge in [-0.15, -0.1) is 0 Å². The lowest BCUT2D eigenvalue weighted by atomic mass is 10.0. The highest BCUT2D eigenvalue weighted by molar-refractivity contribution is 5.97. The highest BCUT2D eigenvalue weighted by atomic mass is 16.7. The van der Waals surface area contributed by atoms with Crippen LogP contribution in [-0.2, 0) is 16.5 Å². The summed E-state index contributed by atoms with van der Waals surface area (Å²) in [7, 11) is 1.71. The van der Waals surface area contributed by atoms with Crippen LogP contribution in [0.2, 0.25) is 0 Å². The molecule has 7 heteroatoms. The summed E-state index contributed by atoms with van der Waals surface area (Å²) in [5.41, 5.74) is 2.26. The lowest BCUT2D eigenvalue weighted by Gasteiger charge is -2.37. The molecule has 3 heterocycles. The Morgan fingerprint density at radius 2 is 1.88 bits per heavy atom. The smallest absolute Gasteiger partial charge is 0.272 e. The molecule has 1 amide bonds. The van der Waals surface area contributed by atoms with E-state index in [1.807, 2.05) is 4.90 Å². The van der Waals surface area contributed by atoms with Crippen LogP contribution in [-0.4, -0.2) is 52.4 Å². The molecule has 0 unspecified atom stereocenters. The number of hydrogen-bond donors (Lipinski definition) is 0. The van der Waals surface area contributed by atoms with Crippen molar-refractivity contribution in [2.24, 2.45) is 7.05 Å². The number of benzene rings is 1. The molecule has 1 spiro atoms. The Kier molecular flexibility index (Phi) is 3.85. The van der Waals surface area contributed by atoms with E-state index in [0.29, 0.717) is 55.9 Å². The molecule has 1 aromatic carbocycles. The van der Waals surface area contributed by atoms with Crippen LogP contribution in [0.15, 0.2) is 23.0 Å². The van der Waals surface area contributed by atoms with Crippen molar-refractivity contribution in [1.29, 1.82) is 0 Å². The Hall–Kier alpha value is -2.25. The standard InChI is InChI=1S/C18H21N3O4/c1-12-16(22)20(2)15-4-3-13(11-14(15)19-12)17(23)21-7-5-18(6-8-21)24-9-10-25-18/h3-4,11H,5-10H2,1-2H3. The molecule has 2 aromatic rings. The van der Waals surface area contributed by atoms with E-state index in [2.05, 4.69) is 4.98 Å². The summed E-state index contributed by atoms with van der Waals surface area (Å²) in [6, 6.07) is 5.30. The maximum Gasteiger partial charge on any atom is 0.272 e. The summed E-state index contributed by atoms with van der Waals surface area (Å²) in [6.45, 7) is 4.15. The van der Waals surface area contributed by atoms with Crippen molar-refractivity contribution >= 4 is 16.9 Å². The molecule has 2 aliphatic rings. The van der Waals surface area contributed by atoms with Crippen molar-refractivity contribution in [3.63, 3.8) is 0 Å². The number of rotatable bonds is 1. The molecule has 132 valence electrons. The van der Waals surface area contributed by atoms with E-state index in [1.165, 1.54) is 0 Å². The largest absolute Gasteiger partial charge is 0.347 e. The minimum Gasteiger partial charge on any atom is -0.347 e. The fourth-order valence-electron chi connectivity index (χ4n) is 3.63. The summed E-state index contributed by atoms with van der Waals surface area (Å²) in [5, 5.41) is 0. The van der Waals surface area contributed by atoms with E-state index >= 15 is 0 Å². The van der Waals surface area contributed by atoms with Gasteiger partial charge in [-0.2, -0.15) is 0 Å². The predicted octanol–water partition coefficient (Wildman–Crippen LogP) is 1.22. The van der Waals surface area contributed by atoms with Gasteiger partial charge in [0.1, 0.15) is 5.69 Å². The van der Waals surface area contributed by atoms with Crippen LogP contribution in [0.4, 0.5) is 0 Å². The van der Waals surface area contributed by atoms with Crippen LogP contribution in [0, 0.1) is 6.92 Å². The average Bonchev–Trinajstić information content (AvgIpc) is 3.07. The summed E-state index contributed by atoms with van der Waals surface area (Å²) < 4.78 is 13.0. The first kappa shape index (κ1) is 16.2. The molecule has 0 aliphatic carbocycles. The maximum atomic E-state index is 12.8. The molecule has 0 radical (unpaired) electrons. The monoisotopic (exact) mass is 343 g/mol. The Bertz CT molecular complexity index is 889. The van der Waals surface area contributed by atoms with Crippen molar-refractivity contribution in [3.8, 4) is 0 Å². The molecule has 7 nitrogen and oxygen atoms in total. The van der Waals surface area contributed by atoms with Crippen molar-refractivity contribution < 1.29 is 14.3 Å². The Balaban J connectivity index is 1.58. The van der Waals surface area contributed by atoms with Crippen LogP contribution in [0.25, 0.3) is 11.0 Å². The summed E-state index contributed by atoms with van der Waals surface area (Å²) in [4.78, 5) is 31.0. The molecule has 2 aliphatic heterocycles. The molecular weight excluding hydrogens is 322 g/mol. The predicted molar refractivity (Wildman–Crippen MR) is 91.5 cm³/mol. The molecule has 0 atom stereocenters. The van der Waals surface area contributed by atoms with Gasteiger partial charge in [0.05, 0.1) is 24.2 Å². The molecule has 4 rings (SSSR count). The number of ether oxygens (including phenoxy) is 2. The van der Waals surface area contributed by atoms with E-state index in [4.69, 9.17) is 9.47 Å². The molecular formula is C18H21N3O4. The van der Waals surface area contributed by atoms with Crippen molar-refractivity contribution in [1.82, 2.24) is 14.5 Å². The minimum absolute atomic E-state index is 0.0250. The lowest BCUT2D eigenvalue weighted by molar-refractivity contribution is -0.181. The van der Waals surface area contributed by atoms with Crippen molar-refractivity contribution in [3.05, 3.63) is 39.8 Å². The van der Waals surface area contributed by atoms with E-state index in [9.17, 15) is 9.59 Å². The Morgan fingerprint density at radius 1 is 1.20 bits per heavy atom. The number of carbonyl (C=O) groups excluding carboxylic acids is 1. The first-order valence-corrected chi connectivity index (χ1v) is 8.54. The summed E-state index contributed by atoms with van der Waals surface area (Å²) in [5.74, 6) is -0.514. The lowest BCUT2D eigenvalue weighted by Crippen LogP contribution is -2.47. The molecule has 0 saturated carbocycles. The van der Waals surface area contributed by atoms with Gasteiger partial charge < -0.3 is 18.9 Å². The van der Waals surface area contributed by atoms with Gasteiger partial charge in [-0.25, -0.2) is 4.98 Å². The summed E-state index contributed by atoms with van der Waals surface area (Å²) >= 11 is 0. The van der Waals surface area contributed by atoms with Crippen LogP contribution >= 0.6 is 0 Å². The van der Waals surface area contributed by atoms with Gasteiger partial charge in [-0.1, -0.05) is 0 Å². The van der Waals surface area contributed by atoms with E-state index in [-0.39, 0.29) is 11.5 Å². The highest BCUT2D eigenvalue weighted by Gasteiger charge is 2.40. The highest BCUT2D eigenvalue weighted by Crippen LogP contribution is 2.31. The first-order chi connectivity index (χ1) is 12.0. The number of piperidine rings is 1. The number of nitrogens with zero attached hydrogens (tertiary/aromatic N) is 3. The molecule has 2 fully saturated rings. The minimum atomic E-state index is -0.489. The summed E-state index contributed by atoms with van der Waals surface area (Å²) in [6.07, 6.45) is 1.39. The normalized spacial score (nSPS) is 19.7. The topological polar surface area (TPSA) is 73.7 Å². The number of amides is 1. The fraction of sp³-hybridized carbons (Fsp3) is 0.500. The third-order valence-corrected chi connectivity index (χ3v) is 5.11. The van der Waals surface area contributed by atoms with Gasteiger partial charge >= 0.3 is 0 Å². The Morgan fingerprint density at radius 3 is 2.56 bits per heavy atom. The van der Waals surface area contributed by atoms with E-state index in [0.717, 1.165) is 5.52 Å². The SMILES string of the molecule is Cc1nc2cc(C(=O)N3CCC4(CC3)OCCO4)ccc2n(C)c1=O. The van der Waals surface area contributed by atoms with Gasteiger partial charge in [0.2, 0.25) is 0 Å². The number of hydrogen-bond acceptors (Lipinski definition) is 5. The van der Waals surface area contributed by atoms with Crippen molar-refractivity contribution in [2.45, 2.75) is 25.6 Å². The van der Waals surface area contributed by atoms with E-state index < -0.39 is 5.79 Å². The van der Waals surface area contributed by atoms with Crippen LogP contribution in [0.5, 0.6) is 0 Å². The zero-order valence-corrected chi connectivity index (χ0v) is 14.4. The van der Waals surface area contributed by atoms with Crippen LogP contribution in [0.1, 0.15) is 28.9 Å².